The number of aromatic nitrogens is 3. The van der Waals surface area contributed by atoms with E-state index in [-0.39, 0.29) is 11.0 Å². The summed E-state index contributed by atoms with van der Waals surface area (Å²) in [5.74, 6) is 2.89. The van der Waals surface area contributed by atoms with Crippen molar-refractivity contribution in [3.63, 3.8) is 0 Å². The lowest BCUT2D eigenvalue weighted by Crippen LogP contribution is -2.15. The Bertz CT molecular complexity index is 1190. The van der Waals surface area contributed by atoms with Crippen LogP contribution in [0.25, 0.3) is 11.4 Å². The van der Waals surface area contributed by atoms with E-state index in [0.29, 0.717) is 28.8 Å². The first kappa shape index (κ1) is 21.7. The summed E-state index contributed by atoms with van der Waals surface area (Å²) in [6, 6.07) is 18.5. The van der Waals surface area contributed by atoms with Crippen LogP contribution in [0.4, 0.5) is 0 Å². The zero-order valence-corrected chi connectivity index (χ0v) is 18.8. The summed E-state index contributed by atoms with van der Waals surface area (Å²) < 4.78 is 18.0. The lowest BCUT2D eigenvalue weighted by Gasteiger charge is -2.13. The van der Waals surface area contributed by atoms with Crippen LogP contribution >= 0.6 is 11.8 Å². The molecular weight excluding hydrogens is 426 g/mol. The second-order valence-corrected chi connectivity index (χ2v) is 8.36. The van der Waals surface area contributed by atoms with Gasteiger partial charge in [-0.3, -0.25) is 9.36 Å². The van der Waals surface area contributed by atoms with Crippen molar-refractivity contribution >= 4 is 17.5 Å². The monoisotopic (exact) mass is 449 g/mol. The van der Waals surface area contributed by atoms with E-state index in [9.17, 15) is 4.79 Å². The van der Waals surface area contributed by atoms with Crippen molar-refractivity contribution in [2.75, 3.05) is 14.2 Å². The van der Waals surface area contributed by atoms with E-state index < -0.39 is 0 Å². The Kier molecular flexibility index (Phi) is 6.61. The quantitative estimate of drug-likeness (QED) is 0.264. The van der Waals surface area contributed by atoms with Crippen LogP contribution in [-0.4, -0.2) is 40.0 Å². The summed E-state index contributed by atoms with van der Waals surface area (Å²) >= 11 is 1.37. The van der Waals surface area contributed by atoms with Crippen molar-refractivity contribution in [3.05, 3.63) is 78.3 Å². The first-order valence-corrected chi connectivity index (χ1v) is 10.9. The minimum absolute atomic E-state index is 0.00753. The van der Waals surface area contributed by atoms with Gasteiger partial charge in [0.25, 0.3) is 0 Å². The molecule has 0 saturated heterocycles. The molecule has 0 amide bonds. The first-order chi connectivity index (χ1) is 15.6. The van der Waals surface area contributed by atoms with Gasteiger partial charge >= 0.3 is 0 Å². The number of benzene rings is 2. The molecule has 4 rings (SSSR count). The van der Waals surface area contributed by atoms with Gasteiger partial charge in [-0.25, -0.2) is 0 Å². The molecule has 8 heteroatoms. The van der Waals surface area contributed by atoms with Crippen molar-refractivity contribution in [3.8, 4) is 22.9 Å². The maximum absolute atomic E-state index is 13.0. The topological polar surface area (TPSA) is 79.4 Å². The molecule has 1 atom stereocenters. The zero-order chi connectivity index (χ0) is 22.5. The Labute approximate surface area is 190 Å². The van der Waals surface area contributed by atoms with Crippen molar-refractivity contribution in [1.82, 2.24) is 14.8 Å². The molecule has 0 N–H and O–H groups in total. The molecule has 2 aromatic carbocycles. The minimum atomic E-state index is -0.360. The first-order valence-electron chi connectivity index (χ1n) is 10.0. The molecule has 0 unspecified atom stereocenters. The summed E-state index contributed by atoms with van der Waals surface area (Å²) in [7, 11) is 3.22. The van der Waals surface area contributed by atoms with Gasteiger partial charge in [0.2, 0.25) is 0 Å². The third kappa shape index (κ3) is 4.70. The van der Waals surface area contributed by atoms with Crippen molar-refractivity contribution in [2.45, 2.75) is 23.9 Å². The lowest BCUT2D eigenvalue weighted by molar-refractivity contribution is 0.0994. The lowest BCUT2D eigenvalue weighted by atomic mass is 10.1. The van der Waals surface area contributed by atoms with Crippen LogP contribution < -0.4 is 9.47 Å². The second kappa shape index (κ2) is 9.74. The number of ether oxygens (including phenoxy) is 2. The van der Waals surface area contributed by atoms with Gasteiger partial charge < -0.3 is 13.9 Å². The van der Waals surface area contributed by atoms with Gasteiger partial charge in [0.15, 0.2) is 16.8 Å². The molecule has 0 aliphatic heterocycles. The van der Waals surface area contributed by atoms with Crippen LogP contribution in [0.2, 0.25) is 0 Å². The summed E-state index contributed by atoms with van der Waals surface area (Å²) in [5, 5.41) is 9.08. The molecule has 7 nitrogen and oxygen atoms in total. The van der Waals surface area contributed by atoms with E-state index in [1.807, 2.05) is 47.9 Å². The molecule has 0 aliphatic rings. The van der Waals surface area contributed by atoms with E-state index in [1.54, 1.807) is 44.7 Å². The highest BCUT2D eigenvalue weighted by Crippen LogP contribution is 2.30. The Hall–Kier alpha value is -3.52. The number of carbonyl (C=O) groups excluding carboxylic acids is 1. The average molecular weight is 450 g/mol. The van der Waals surface area contributed by atoms with Gasteiger partial charge in [-0.2, -0.15) is 0 Å². The summed E-state index contributed by atoms with van der Waals surface area (Å²) in [4.78, 5) is 13.0. The van der Waals surface area contributed by atoms with Crippen LogP contribution in [0, 0.1) is 0 Å². The number of rotatable bonds is 9. The molecule has 2 aromatic heterocycles. The van der Waals surface area contributed by atoms with E-state index in [1.165, 1.54) is 11.8 Å². The van der Waals surface area contributed by atoms with Gasteiger partial charge in [-0.05, 0) is 55.5 Å². The van der Waals surface area contributed by atoms with E-state index in [0.717, 1.165) is 17.1 Å². The van der Waals surface area contributed by atoms with Gasteiger partial charge in [0, 0.05) is 11.1 Å². The predicted molar refractivity (Wildman–Crippen MR) is 122 cm³/mol. The molecule has 2 heterocycles. The standard InChI is InChI=1S/C24H23N3O4S/c1-16(22(28)17-9-11-19(29-2)12-10-17)32-24-26-25-23(18-6-4-7-20(14-18)30-3)27(24)15-21-8-5-13-31-21/h4-14,16H,15H2,1-3H3/t16-/m1/s1. The Balaban J connectivity index is 1.63. The number of methoxy groups -OCH3 is 2. The van der Waals surface area contributed by atoms with Crippen molar-refractivity contribution in [1.29, 1.82) is 0 Å². The summed E-state index contributed by atoms with van der Waals surface area (Å²) in [6.07, 6.45) is 1.63. The number of ketones is 1. The van der Waals surface area contributed by atoms with Crippen LogP contribution in [-0.2, 0) is 6.54 Å². The smallest absolute Gasteiger partial charge is 0.192 e. The fourth-order valence-electron chi connectivity index (χ4n) is 3.25. The molecule has 0 saturated carbocycles. The van der Waals surface area contributed by atoms with E-state index in [2.05, 4.69) is 10.2 Å². The number of nitrogens with zero attached hydrogens (tertiary/aromatic N) is 3. The molecular formula is C24H23N3O4S. The number of hydrogen-bond acceptors (Lipinski definition) is 7. The molecule has 164 valence electrons. The molecule has 32 heavy (non-hydrogen) atoms. The highest BCUT2D eigenvalue weighted by atomic mass is 32.2. The molecule has 0 radical (unpaired) electrons. The largest absolute Gasteiger partial charge is 0.497 e. The molecule has 0 fully saturated rings. The SMILES string of the molecule is COc1ccc(C(=O)[C@@H](C)Sc2nnc(-c3cccc(OC)c3)n2Cc2ccco2)cc1. The maximum Gasteiger partial charge on any atom is 0.192 e. The fourth-order valence-corrected chi connectivity index (χ4v) is 4.18. The van der Waals surface area contributed by atoms with Gasteiger partial charge in [0.1, 0.15) is 17.3 Å². The van der Waals surface area contributed by atoms with Crippen LogP contribution in [0.15, 0.2) is 76.5 Å². The number of thioether (sulfide) groups is 1. The second-order valence-electron chi connectivity index (χ2n) is 7.06. The third-order valence-corrected chi connectivity index (χ3v) is 6.05. The third-order valence-electron chi connectivity index (χ3n) is 4.96. The van der Waals surface area contributed by atoms with Crippen LogP contribution in [0.3, 0.4) is 0 Å². The Morgan fingerprint density at radius 2 is 1.81 bits per heavy atom. The fraction of sp³-hybridized carbons (Fsp3) is 0.208. The maximum atomic E-state index is 13.0. The van der Waals surface area contributed by atoms with E-state index in [4.69, 9.17) is 13.9 Å². The number of hydrogen-bond donors (Lipinski definition) is 0. The van der Waals surface area contributed by atoms with Crippen molar-refractivity contribution in [2.24, 2.45) is 0 Å². The molecule has 4 aromatic rings. The molecule has 0 bridgehead atoms. The number of furan rings is 1. The highest BCUT2D eigenvalue weighted by Gasteiger charge is 2.22. The predicted octanol–water partition coefficient (Wildman–Crippen LogP) is 4.97. The van der Waals surface area contributed by atoms with Crippen LogP contribution in [0.5, 0.6) is 11.5 Å². The highest BCUT2D eigenvalue weighted by molar-refractivity contribution is 8.00. The molecule has 0 aliphatic carbocycles. The summed E-state index contributed by atoms with van der Waals surface area (Å²) in [5.41, 5.74) is 1.49. The van der Waals surface area contributed by atoms with Gasteiger partial charge in [0.05, 0.1) is 32.3 Å². The minimum Gasteiger partial charge on any atom is -0.497 e. The summed E-state index contributed by atoms with van der Waals surface area (Å²) in [6.45, 7) is 2.31. The van der Waals surface area contributed by atoms with Crippen LogP contribution in [0.1, 0.15) is 23.0 Å². The molecule has 0 spiro atoms. The Morgan fingerprint density at radius 1 is 1.03 bits per heavy atom. The zero-order valence-electron chi connectivity index (χ0n) is 18.0. The van der Waals surface area contributed by atoms with Gasteiger partial charge in [-0.15, -0.1) is 10.2 Å². The van der Waals surface area contributed by atoms with Crippen molar-refractivity contribution < 1.29 is 18.7 Å². The normalized spacial score (nSPS) is 11.8. The van der Waals surface area contributed by atoms with E-state index >= 15 is 0 Å². The van der Waals surface area contributed by atoms with Gasteiger partial charge in [-0.1, -0.05) is 23.9 Å². The number of Topliss-reactive ketones (excluding diaryl/α,β-unsaturated/α-hetero) is 1. The average Bonchev–Trinajstić information content (AvgIpc) is 3.49. The Morgan fingerprint density at radius 3 is 2.50 bits per heavy atom. The number of carbonyl (C=O) groups is 1.